The van der Waals surface area contributed by atoms with Crippen LogP contribution in [-0.4, -0.2) is 20.9 Å². The predicted molar refractivity (Wildman–Crippen MR) is 105 cm³/mol. The van der Waals surface area contributed by atoms with Gasteiger partial charge in [0.1, 0.15) is 0 Å². The van der Waals surface area contributed by atoms with Crippen molar-refractivity contribution in [2.24, 2.45) is 0 Å². The summed E-state index contributed by atoms with van der Waals surface area (Å²) in [4.78, 5) is 12.2. The highest BCUT2D eigenvalue weighted by Gasteiger charge is 2.16. The minimum absolute atomic E-state index is 0.126. The van der Waals surface area contributed by atoms with Crippen molar-refractivity contribution in [3.63, 3.8) is 0 Å². The maximum atomic E-state index is 12.6. The molecular formula is C20H26N2O3S. The first-order chi connectivity index (χ1) is 12.3. The van der Waals surface area contributed by atoms with Gasteiger partial charge in [-0.15, -0.1) is 0 Å². The zero-order valence-corrected chi connectivity index (χ0v) is 16.3. The number of carbonyl (C=O) groups is 1. The average molecular weight is 375 g/mol. The fourth-order valence-corrected chi connectivity index (χ4v) is 3.65. The topological polar surface area (TPSA) is 75.3 Å². The zero-order chi connectivity index (χ0) is 19.2. The van der Waals surface area contributed by atoms with Crippen molar-refractivity contribution in [2.45, 2.75) is 44.9 Å². The van der Waals surface area contributed by atoms with Crippen LogP contribution >= 0.6 is 0 Å². The van der Waals surface area contributed by atoms with E-state index in [0.29, 0.717) is 17.8 Å². The molecule has 2 rings (SSSR count). The number of sulfonamides is 1. The Morgan fingerprint density at radius 1 is 1.00 bits per heavy atom. The van der Waals surface area contributed by atoms with E-state index in [0.717, 1.165) is 30.4 Å². The highest BCUT2D eigenvalue weighted by Crippen LogP contribution is 2.22. The van der Waals surface area contributed by atoms with Crippen molar-refractivity contribution in [2.75, 3.05) is 11.3 Å². The molecule has 140 valence electrons. The SMILES string of the molecule is CCCCCNC(=O)c1ccc(S(=O)(=O)Nc2cccc(C)c2C)cc1. The lowest BCUT2D eigenvalue weighted by Crippen LogP contribution is -2.24. The second kappa shape index (κ2) is 8.85. The van der Waals surface area contributed by atoms with Crippen molar-refractivity contribution >= 4 is 21.6 Å². The summed E-state index contributed by atoms with van der Waals surface area (Å²) in [6.45, 7) is 6.54. The Kier molecular flexibility index (Phi) is 6.80. The van der Waals surface area contributed by atoms with E-state index >= 15 is 0 Å². The van der Waals surface area contributed by atoms with Crippen LogP contribution < -0.4 is 10.0 Å². The molecule has 0 atom stereocenters. The van der Waals surface area contributed by atoms with Crippen LogP contribution in [0.4, 0.5) is 5.69 Å². The van der Waals surface area contributed by atoms with Gasteiger partial charge in [0, 0.05) is 12.1 Å². The molecule has 1 amide bonds. The second-order valence-corrected chi connectivity index (χ2v) is 8.02. The monoisotopic (exact) mass is 374 g/mol. The lowest BCUT2D eigenvalue weighted by atomic mass is 10.1. The summed E-state index contributed by atoms with van der Waals surface area (Å²) in [6.07, 6.45) is 3.10. The predicted octanol–water partition coefficient (Wildman–Crippen LogP) is 4.02. The maximum absolute atomic E-state index is 12.6. The first-order valence-electron chi connectivity index (χ1n) is 8.82. The van der Waals surface area contributed by atoms with Gasteiger partial charge >= 0.3 is 0 Å². The minimum atomic E-state index is -3.70. The van der Waals surface area contributed by atoms with Crippen LogP contribution in [0.15, 0.2) is 47.4 Å². The van der Waals surface area contributed by atoms with Gasteiger partial charge in [-0.25, -0.2) is 8.42 Å². The number of rotatable bonds is 8. The Bertz CT molecular complexity index is 859. The molecule has 0 saturated heterocycles. The second-order valence-electron chi connectivity index (χ2n) is 6.34. The Morgan fingerprint density at radius 2 is 1.69 bits per heavy atom. The third-order valence-corrected chi connectivity index (χ3v) is 5.72. The fraction of sp³-hybridized carbons (Fsp3) is 0.350. The number of benzene rings is 2. The molecular weight excluding hydrogens is 348 g/mol. The van der Waals surface area contributed by atoms with Gasteiger partial charge in [0.05, 0.1) is 10.6 Å². The van der Waals surface area contributed by atoms with Crippen LogP contribution in [0.1, 0.15) is 47.7 Å². The van der Waals surface area contributed by atoms with Gasteiger partial charge in [0.2, 0.25) is 0 Å². The van der Waals surface area contributed by atoms with Crippen molar-refractivity contribution in [1.82, 2.24) is 5.32 Å². The highest BCUT2D eigenvalue weighted by atomic mass is 32.2. The highest BCUT2D eigenvalue weighted by molar-refractivity contribution is 7.92. The molecule has 26 heavy (non-hydrogen) atoms. The van der Waals surface area contributed by atoms with E-state index in [-0.39, 0.29) is 10.8 Å². The van der Waals surface area contributed by atoms with Crippen molar-refractivity contribution < 1.29 is 13.2 Å². The van der Waals surface area contributed by atoms with Gasteiger partial charge in [-0.05, 0) is 61.7 Å². The average Bonchev–Trinajstić information content (AvgIpc) is 2.62. The summed E-state index contributed by atoms with van der Waals surface area (Å²) in [6, 6.07) is 11.5. The smallest absolute Gasteiger partial charge is 0.261 e. The van der Waals surface area contributed by atoms with Gasteiger partial charge in [0.25, 0.3) is 15.9 Å². The van der Waals surface area contributed by atoms with Gasteiger partial charge in [-0.3, -0.25) is 9.52 Å². The molecule has 0 saturated carbocycles. The number of unbranched alkanes of at least 4 members (excludes halogenated alkanes) is 2. The molecule has 2 aromatic rings. The summed E-state index contributed by atoms with van der Waals surface area (Å²) >= 11 is 0. The summed E-state index contributed by atoms with van der Waals surface area (Å²) in [5.74, 6) is -0.187. The third kappa shape index (κ3) is 5.08. The summed E-state index contributed by atoms with van der Waals surface area (Å²) in [5.41, 5.74) is 2.91. The zero-order valence-electron chi connectivity index (χ0n) is 15.5. The van der Waals surface area contributed by atoms with Gasteiger partial charge < -0.3 is 5.32 Å². The molecule has 5 nitrogen and oxygen atoms in total. The lowest BCUT2D eigenvalue weighted by Gasteiger charge is -2.12. The number of anilines is 1. The molecule has 2 N–H and O–H groups in total. The molecule has 0 bridgehead atoms. The third-order valence-electron chi connectivity index (χ3n) is 4.34. The normalized spacial score (nSPS) is 11.2. The first-order valence-corrected chi connectivity index (χ1v) is 10.3. The number of amides is 1. The van der Waals surface area contributed by atoms with Crippen molar-refractivity contribution in [1.29, 1.82) is 0 Å². The van der Waals surface area contributed by atoms with Crippen LogP contribution in [0.25, 0.3) is 0 Å². The number of hydrogen-bond acceptors (Lipinski definition) is 3. The van der Waals surface area contributed by atoms with Crippen molar-refractivity contribution in [3.8, 4) is 0 Å². The molecule has 6 heteroatoms. The van der Waals surface area contributed by atoms with E-state index in [1.54, 1.807) is 6.07 Å². The molecule has 0 aliphatic carbocycles. The Morgan fingerprint density at radius 3 is 2.35 bits per heavy atom. The minimum Gasteiger partial charge on any atom is -0.352 e. The summed E-state index contributed by atoms with van der Waals surface area (Å²) in [7, 11) is -3.70. The lowest BCUT2D eigenvalue weighted by molar-refractivity contribution is 0.0953. The van der Waals surface area contributed by atoms with Crippen LogP contribution in [-0.2, 0) is 10.0 Å². The summed E-state index contributed by atoms with van der Waals surface area (Å²) in [5, 5.41) is 2.84. The molecule has 0 aliphatic heterocycles. The fourth-order valence-electron chi connectivity index (χ4n) is 2.53. The van der Waals surface area contributed by atoms with Gasteiger partial charge in [-0.2, -0.15) is 0 Å². The van der Waals surface area contributed by atoms with Gasteiger partial charge in [0.15, 0.2) is 0 Å². The molecule has 0 spiro atoms. The Labute approximate surface area is 155 Å². The molecule has 0 aromatic heterocycles. The van der Waals surface area contributed by atoms with Gasteiger partial charge in [-0.1, -0.05) is 31.9 Å². The van der Waals surface area contributed by atoms with Crippen LogP contribution in [0.2, 0.25) is 0 Å². The standard InChI is InChI=1S/C20H26N2O3S/c1-4-5-6-14-21-20(23)17-10-12-18(13-11-17)26(24,25)22-19-9-7-8-15(2)16(19)3/h7-13,22H,4-6,14H2,1-3H3,(H,21,23). The van der Waals surface area contributed by atoms with E-state index in [9.17, 15) is 13.2 Å². The van der Waals surface area contributed by atoms with E-state index in [4.69, 9.17) is 0 Å². The molecule has 0 radical (unpaired) electrons. The first kappa shape index (κ1) is 20.0. The van der Waals surface area contributed by atoms with E-state index in [1.165, 1.54) is 24.3 Å². The van der Waals surface area contributed by atoms with E-state index in [1.807, 2.05) is 26.0 Å². The number of carbonyl (C=O) groups excluding carboxylic acids is 1. The summed E-state index contributed by atoms with van der Waals surface area (Å²) < 4.78 is 27.8. The molecule has 0 unspecified atom stereocenters. The van der Waals surface area contributed by atoms with Crippen LogP contribution in [0, 0.1) is 13.8 Å². The van der Waals surface area contributed by atoms with Crippen LogP contribution in [0.3, 0.4) is 0 Å². The van der Waals surface area contributed by atoms with E-state index in [2.05, 4.69) is 17.0 Å². The number of nitrogens with one attached hydrogen (secondary N) is 2. The number of aryl methyl sites for hydroxylation is 1. The molecule has 2 aromatic carbocycles. The molecule has 0 aliphatic rings. The van der Waals surface area contributed by atoms with E-state index < -0.39 is 10.0 Å². The Hall–Kier alpha value is -2.34. The van der Waals surface area contributed by atoms with Crippen LogP contribution in [0.5, 0.6) is 0 Å². The van der Waals surface area contributed by atoms with Crippen molar-refractivity contribution in [3.05, 3.63) is 59.2 Å². The Balaban J connectivity index is 2.09. The maximum Gasteiger partial charge on any atom is 0.261 e. The number of hydrogen-bond donors (Lipinski definition) is 2. The molecule has 0 heterocycles. The molecule has 0 fully saturated rings. The quantitative estimate of drug-likeness (QED) is 0.685. The largest absolute Gasteiger partial charge is 0.352 e.